The lowest BCUT2D eigenvalue weighted by molar-refractivity contribution is 0.0966. The molecule has 1 aliphatic rings. The van der Waals surface area contributed by atoms with Crippen LogP contribution in [0.25, 0.3) is 11.1 Å². The van der Waals surface area contributed by atoms with E-state index in [4.69, 9.17) is 0 Å². The summed E-state index contributed by atoms with van der Waals surface area (Å²) in [7, 11) is 0. The summed E-state index contributed by atoms with van der Waals surface area (Å²) < 4.78 is 0. The van der Waals surface area contributed by atoms with Gasteiger partial charge < -0.3 is 5.32 Å². The molecule has 2 aromatic rings. The molecule has 0 radical (unpaired) electrons. The summed E-state index contributed by atoms with van der Waals surface area (Å²) in [5.74, 6) is 0.0234. The first kappa shape index (κ1) is 11.0. The molecule has 2 heterocycles. The van der Waals surface area contributed by atoms with Gasteiger partial charge in [-0.05, 0) is 43.2 Å². The zero-order chi connectivity index (χ0) is 12.7. The van der Waals surface area contributed by atoms with Gasteiger partial charge >= 0.3 is 0 Å². The molecule has 1 N–H and O–H groups in total. The highest BCUT2D eigenvalue weighted by molar-refractivity contribution is 5.98. The minimum atomic E-state index is 0.0234. The maximum absolute atomic E-state index is 11.5. The van der Waals surface area contributed by atoms with E-state index in [0.717, 1.165) is 33.6 Å². The molecule has 1 aromatic carbocycles. The van der Waals surface area contributed by atoms with Crippen LogP contribution in [0.4, 0.5) is 0 Å². The number of hydrogen-bond donors (Lipinski definition) is 1. The first-order valence-electron chi connectivity index (χ1n) is 6.01. The molecule has 1 aromatic heterocycles. The summed E-state index contributed by atoms with van der Waals surface area (Å²) in [5.41, 5.74) is 6.15. The van der Waals surface area contributed by atoms with Gasteiger partial charge in [0.2, 0.25) is 0 Å². The Morgan fingerprint density at radius 1 is 1.11 bits per heavy atom. The molecule has 1 amide bonds. The van der Waals surface area contributed by atoms with E-state index in [1.165, 1.54) is 0 Å². The van der Waals surface area contributed by atoms with Gasteiger partial charge in [-0.15, -0.1) is 0 Å². The predicted molar refractivity (Wildman–Crippen MR) is 70.3 cm³/mol. The SMILES string of the molecule is Cc1ccc(-c2ccc3c(c2)CNC3=O)c(C)n1. The molecular weight excluding hydrogens is 224 g/mol. The van der Waals surface area contributed by atoms with E-state index in [2.05, 4.69) is 22.4 Å². The van der Waals surface area contributed by atoms with Crippen molar-refractivity contribution in [1.29, 1.82) is 0 Å². The van der Waals surface area contributed by atoms with Crippen LogP contribution in [-0.4, -0.2) is 10.9 Å². The standard InChI is InChI=1S/C15H14N2O/c1-9-3-5-13(10(2)17-9)11-4-6-14-12(7-11)8-16-15(14)18/h3-7H,8H2,1-2H3,(H,16,18). The minimum absolute atomic E-state index is 0.0234. The Kier molecular flexibility index (Phi) is 2.40. The van der Waals surface area contributed by atoms with Crippen LogP contribution in [0, 0.1) is 13.8 Å². The van der Waals surface area contributed by atoms with E-state index in [0.29, 0.717) is 6.54 Å². The molecular formula is C15H14N2O. The maximum atomic E-state index is 11.5. The van der Waals surface area contributed by atoms with Crippen LogP contribution >= 0.6 is 0 Å². The van der Waals surface area contributed by atoms with Gasteiger partial charge in [0.25, 0.3) is 5.91 Å². The number of nitrogens with zero attached hydrogens (tertiary/aromatic N) is 1. The van der Waals surface area contributed by atoms with Gasteiger partial charge in [-0.3, -0.25) is 9.78 Å². The van der Waals surface area contributed by atoms with E-state index >= 15 is 0 Å². The average molecular weight is 238 g/mol. The van der Waals surface area contributed by atoms with E-state index < -0.39 is 0 Å². The van der Waals surface area contributed by atoms with Crippen molar-refractivity contribution in [1.82, 2.24) is 10.3 Å². The van der Waals surface area contributed by atoms with Crippen molar-refractivity contribution in [3.8, 4) is 11.1 Å². The Morgan fingerprint density at radius 3 is 2.67 bits per heavy atom. The van der Waals surface area contributed by atoms with Gasteiger partial charge in [0.1, 0.15) is 0 Å². The van der Waals surface area contributed by atoms with E-state index in [-0.39, 0.29) is 5.91 Å². The molecule has 3 heteroatoms. The highest BCUT2D eigenvalue weighted by Crippen LogP contribution is 2.26. The van der Waals surface area contributed by atoms with Crippen LogP contribution in [-0.2, 0) is 6.54 Å². The van der Waals surface area contributed by atoms with Crippen LogP contribution < -0.4 is 5.32 Å². The van der Waals surface area contributed by atoms with E-state index in [9.17, 15) is 4.79 Å². The molecule has 0 atom stereocenters. The Labute approximate surface area is 106 Å². The third-order valence-corrected chi connectivity index (χ3v) is 3.33. The third-order valence-electron chi connectivity index (χ3n) is 3.33. The van der Waals surface area contributed by atoms with Crippen LogP contribution in [0.3, 0.4) is 0 Å². The fraction of sp³-hybridized carbons (Fsp3) is 0.200. The van der Waals surface area contributed by atoms with Gasteiger partial charge in [-0.25, -0.2) is 0 Å². The smallest absolute Gasteiger partial charge is 0.251 e. The number of benzene rings is 1. The van der Waals surface area contributed by atoms with Crippen molar-refractivity contribution in [2.75, 3.05) is 0 Å². The van der Waals surface area contributed by atoms with Crippen LogP contribution in [0.5, 0.6) is 0 Å². The summed E-state index contributed by atoms with van der Waals surface area (Å²) in [6.07, 6.45) is 0. The molecule has 0 saturated heterocycles. The van der Waals surface area contributed by atoms with Gasteiger partial charge in [-0.2, -0.15) is 0 Å². The number of carbonyl (C=O) groups is 1. The lowest BCUT2D eigenvalue weighted by Crippen LogP contribution is -2.12. The Balaban J connectivity index is 2.10. The Bertz CT molecular complexity index is 647. The molecule has 0 saturated carbocycles. The van der Waals surface area contributed by atoms with Crippen molar-refractivity contribution in [2.24, 2.45) is 0 Å². The van der Waals surface area contributed by atoms with Crippen molar-refractivity contribution < 1.29 is 4.79 Å². The van der Waals surface area contributed by atoms with E-state index in [1.807, 2.05) is 32.0 Å². The zero-order valence-corrected chi connectivity index (χ0v) is 10.4. The lowest BCUT2D eigenvalue weighted by atomic mass is 9.99. The molecule has 0 fully saturated rings. The molecule has 0 aliphatic carbocycles. The topological polar surface area (TPSA) is 42.0 Å². The van der Waals surface area contributed by atoms with Gasteiger partial charge in [0.15, 0.2) is 0 Å². The quantitative estimate of drug-likeness (QED) is 0.829. The van der Waals surface area contributed by atoms with E-state index in [1.54, 1.807) is 0 Å². The highest BCUT2D eigenvalue weighted by Gasteiger charge is 2.19. The molecule has 90 valence electrons. The maximum Gasteiger partial charge on any atom is 0.251 e. The Morgan fingerprint density at radius 2 is 1.89 bits per heavy atom. The second kappa shape index (κ2) is 3.95. The minimum Gasteiger partial charge on any atom is -0.348 e. The largest absolute Gasteiger partial charge is 0.348 e. The second-order valence-electron chi connectivity index (χ2n) is 4.64. The number of nitrogens with one attached hydrogen (secondary N) is 1. The van der Waals surface area contributed by atoms with Crippen molar-refractivity contribution >= 4 is 5.91 Å². The third kappa shape index (κ3) is 1.68. The summed E-state index contributed by atoms with van der Waals surface area (Å²) in [6, 6.07) is 10.1. The zero-order valence-electron chi connectivity index (χ0n) is 10.4. The summed E-state index contributed by atoms with van der Waals surface area (Å²) in [4.78, 5) is 16.0. The molecule has 0 spiro atoms. The van der Waals surface area contributed by atoms with Crippen LogP contribution in [0.15, 0.2) is 30.3 Å². The Hall–Kier alpha value is -2.16. The van der Waals surface area contributed by atoms with Crippen LogP contribution in [0.1, 0.15) is 27.3 Å². The number of aromatic nitrogens is 1. The fourth-order valence-electron chi connectivity index (χ4n) is 2.39. The number of amides is 1. The molecule has 0 unspecified atom stereocenters. The lowest BCUT2D eigenvalue weighted by Gasteiger charge is -2.07. The average Bonchev–Trinajstić information content (AvgIpc) is 2.71. The van der Waals surface area contributed by atoms with Crippen molar-refractivity contribution in [3.05, 3.63) is 52.8 Å². The first-order valence-corrected chi connectivity index (χ1v) is 6.01. The molecule has 0 bridgehead atoms. The summed E-state index contributed by atoms with van der Waals surface area (Å²) in [5, 5.41) is 2.83. The fourth-order valence-corrected chi connectivity index (χ4v) is 2.39. The number of pyridine rings is 1. The van der Waals surface area contributed by atoms with Gasteiger partial charge in [0.05, 0.1) is 0 Å². The second-order valence-corrected chi connectivity index (χ2v) is 4.64. The summed E-state index contributed by atoms with van der Waals surface area (Å²) in [6.45, 7) is 4.63. The number of hydrogen-bond acceptors (Lipinski definition) is 2. The predicted octanol–water partition coefficient (Wildman–Crippen LogP) is 2.61. The van der Waals surface area contributed by atoms with Crippen LogP contribution in [0.2, 0.25) is 0 Å². The first-order chi connectivity index (χ1) is 8.65. The number of rotatable bonds is 1. The van der Waals surface area contributed by atoms with Gasteiger partial charge in [0, 0.05) is 29.1 Å². The summed E-state index contributed by atoms with van der Waals surface area (Å²) >= 11 is 0. The monoisotopic (exact) mass is 238 g/mol. The van der Waals surface area contributed by atoms with Crippen molar-refractivity contribution in [2.45, 2.75) is 20.4 Å². The van der Waals surface area contributed by atoms with Gasteiger partial charge in [-0.1, -0.05) is 12.1 Å². The highest BCUT2D eigenvalue weighted by atomic mass is 16.1. The molecule has 3 nitrogen and oxygen atoms in total. The molecule has 18 heavy (non-hydrogen) atoms. The molecule has 3 rings (SSSR count). The number of carbonyl (C=O) groups excluding carboxylic acids is 1. The molecule has 1 aliphatic heterocycles. The van der Waals surface area contributed by atoms with Crippen molar-refractivity contribution in [3.63, 3.8) is 0 Å². The number of fused-ring (bicyclic) bond motifs is 1. The normalized spacial score (nSPS) is 13.3. The number of aryl methyl sites for hydroxylation is 2.